The molecule has 226 valence electrons. The van der Waals surface area contributed by atoms with Gasteiger partial charge in [-0.25, -0.2) is 14.8 Å². The van der Waals surface area contributed by atoms with E-state index in [9.17, 15) is 19.8 Å². The van der Waals surface area contributed by atoms with Gasteiger partial charge in [0.15, 0.2) is 6.29 Å². The Morgan fingerprint density at radius 1 is 0.837 bits per heavy atom. The minimum atomic E-state index is -1.25. The van der Waals surface area contributed by atoms with Gasteiger partial charge in [-0.05, 0) is 73.5 Å². The van der Waals surface area contributed by atoms with Crippen molar-refractivity contribution in [1.82, 2.24) is 9.97 Å². The van der Waals surface area contributed by atoms with Crippen molar-refractivity contribution >= 4 is 58.5 Å². The number of carbonyl (C=O) groups excluding carboxylic acids is 2. The average Bonchev–Trinajstić information content (AvgIpc) is 3.01. The Balaban J connectivity index is 0.000000257. The van der Waals surface area contributed by atoms with Crippen LogP contribution < -0.4 is 10.6 Å². The summed E-state index contributed by atoms with van der Waals surface area (Å²) in [7, 11) is 1.40. The van der Waals surface area contributed by atoms with E-state index in [1.807, 2.05) is 38.1 Å². The molecular weight excluding hydrogens is 595 g/mol. The van der Waals surface area contributed by atoms with E-state index in [1.165, 1.54) is 13.3 Å². The lowest BCUT2D eigenvalue weighted by molar-refractivity contribution is -0.0540. The number of benzene rings is 2. The van der Waals surface area contributed by atoms with Crippen molar-refractivity contribution in [2.75, 3.05) is 31.0 Å². The van der Waals surface area contributed by atoms with Crippen molar-refractivity contribution < 1.29 is 29.3 Å². The van der Waals surface area contributed by atoms with E-state index in [4.69, 9.17) is 32.7 Å². The number of aliphatic hydroxyl groups is 2. The highest BCUT2D eigenvalue weighted by molar-refractivity contribution is 6.32. The van der Waals surface area contributed by atoms with Crippen LogP contribution in [0.4, 0.5) is 23.0 Å². The smallest absolute Gasteiger partial charge is 0.342 e. The molecule has 4 aromatic rings. The van der Waals surface area contributed by atoms with Gasteiger partial charge >= 0.3 is 5.97 Å². The lowest BCUT2D eigenvalue weighted by atomic mass is 10.2. The average molecular weight is 628 g/mol. The van der Waals surface area contributed by atoms with E-state index in [-0.39, 0.29) is 18.8 Å². The zero-order chi connectivity index (χ0) is 31.4. The van der Waals surface area contributed by atoms with Gasteiger partial charge in [0.2, 0.25) is 0 Å². The van der Waals surface area contributed by atoms with Crippen molar-refractivity contribution in [2.45, 2.75) is 26.1 Å². The first-order valence-corrected chi connectivity index (χ1v) is 13.8. The molecule has 2 aromatic carbocycles. The number of aldehydes is 1. The lowest BCUT2D eigenvalue weighted by Gasteiger charge is -2.17. The Morgan fingerprint density at radius 2 is 1.37 bits per heavy atom. The molecule has 0 amide bonds. The fourth-order valence-electron chi connectivity index (χ4n) is 3.66. The van der Waals surface area contributed by atoms with E-state index in [2.05, 4.69) is 20.6 Å². The zero-order valence-electron chi connectivity index (χ0n) is 23.8. The summed E-state index contributed by atoms with van der Waals surface area (Å²) in [5.41, 5.74) is 4.01. The summed E-state index contributed by atoms with van der Waals surface area (Å²) in [5, 5.41) is 26.8. The molecule has 0 saturated carbocycles. The van der Waals surface area contributed by atoms with Crippen molar-refractivity contribution in [2.24, 2.45) is 0 Å². The number of methoxy groups -OCH3 is 1. The van der Waals surface area contributed by atoms with Gasteiger partial charge in [-0.2, -0.15) is 0 Å². The van der Waals surface area contributed by atoms with E-state index < -0.39 is 18.2 Å². The number of ether oxygens (including phenoxy) is 2. The number of halogens is 2. The van der Waals surface area contributed by atoms with Crippen LogP contribution in [0.25, 0.3) is 0 Å². The van der Waals surface area contributed by atoms with E-state index in [1.54, 1.807) is 42.6 Å². The summed E-state index contributed by atoms with van der Waals surface area (Å²) in [5.74, 6) is 0.159. The molecule has 0 aliphatic rings. The number of nitrogens with zero attached hydrogens (tertiary/aromatic N) is 2. The monoisotopic (exact) mass is 626 g/mol. The molecule has 2 atom stereocenters. The molecule has 0 fully saturated rings. The number of rotatable bonds is 11. The van der Waals surface area contributed by atoms with Crippen molar-refractivity contribution in [1.29, 1.82) is 0 Å². The topological polar surface area (TPSA) is 143 Å². The van der Waals surface area contributed by atoms with Crippen molar-refractivity contribution in [3.8, 4) is 0 Å². The third kappa shape index (κ3) is 9.47. The van der Waals surface area contributed by atoms with Crippen LogP contribution in [0.3, 0.4) is 0 Å². The fourth-order valence-corrected chi connectivity index (χ4v) is 4.01. The minimum absolute atomic E-state index is 0.0630. The van der Waals surface area contributed by atoms with Gasteiger partial charge < -0.3 is 30.3 Å². The summed E-state index contributed by atoms with van der Waals surface area (Å²) in [6.07, 6.45) is 1.55. The molecule has 43 heavy (non-hydrogen) atoms. The first kappa shape index (κ1) is 33.4. The molecule has 0 aliphatic carbocycles. The summed E-state index contributed by atoms with van der Waals surface area (Å²) < 4.78 is 9.82. The number of anilines is 4. The highest BCUT2D eigenvalue weighted by Crippen LogP contribution is 2.28. The number of aliphatic hydroxyl groups excluding tert-OH is 2. The molecule has 2 aromatic heterocycles. The van der Waals surface area contributed by atoms with Gasteiger partial charge in [0.05, 0.1) is 12.2 Å². The SMILES string of the molecule is COCC(O)C(O)COC(=O)c1cccnc1Nc1cccc(Cl)c1C.Cc1c(Cl)cccc1Nc1ncccc1C=O. The maximum Gasteiger partial charge on any atom is 0.342 e. The molecule has 10 nitrogen and oxygen atoms in total. The molecule has 0 spiro atoms. The zero-order valence-corrected chi connectivity index (χ0v) is 25.3. The number of nitrogens with one attached hydrogen (secondary N) is 2. The van der Waals surface area contributed by atoms with Gasteiger partial charge in [-0.3, -0.25) is 4.79 Å². The molecule has 0 radical (unpaired) electrons. The largest absolute Gasteiger partial charge is 0.459 e. The molecule has 0 bridgehead atoms. The fraction of sp³-hybridized carbons (Fsp3) is 0.226. The summed E-state index contributed by atoms with van der Waals surface area (Å²) >= 11 is 12.1. The van der Waals surface area contributed by atoms with Crippen molar-refractivity contribution in [3.63, 3.8) is 0 Å². The number of carbonyl (C=O) groups is 2. The van der Waals surface area contributed by atoms with E-state index in [0.29, 0.717) is 32.9 Å². The Morgan fingerprint density at radius 3 is 1.95 bits per heavy atom. The Kier molecular flexibility index (Phi) is 12.9. The third-order valence-electron chi connectivity index (χ3n) is 6.20. The first-order valence-electron chi connectivity index (χ1n) is 13.1. The van der Waals surface area contributed by atoms with Crippen LogP contribution in [-0.2, 0) is 9.47 Å². The second kappa shape index (κ2) is 16.5. The van der Waals surface area contributed by atoms with Gasteiger partial charge in [0.25, 0.3) is 0 Å². The van der Waals surface area contributed by atoms with Crippen LogP contribution in [0.2, 0.25) is 10.0 Å². The van der Waals surface area contributed by atoms with Crippen LogP contribution in [-0.4, -0.2) is 65.0 Å². The number of esters is 1. The van der Waals surface area contributed by atoms with Gasteiger partial charge in [-0.1, -0.05) is 35.3 Å². The quantitative estimate of drug-likeness (QED) is 0.117. The van der Waals surface area contributed by atoms with Gasteiger partial charge in [0.1, 0.15) is 36.0 Å². The molecular formula is C31H32Cl2N4O6. The predicted octanol–water partition coefficient (Wildman–Crippen LogP) is 5.91. The number of aromatic nitrogens is 2. The van der Waals surface area contributed by atoms with E-state index in [0.717, 1.165) is 23.1 Å². The highest BCUT2D eigenvalue weighted by Gasteiger charge is 2.21. The third-order valence-corrected chi connectivity index (χ3v) is 7.02. The van der Waals surface area contributed by atoms with E-state index >= 15 is 0 Å². The second-order valence-electron chi connectivity index (χ2n) is 9.22. The number of hydrogen-bond donors (Lipinski definition) is 4. The van der Waals surface area contributed by atoms with Crippen molar-refractivity contribution in [3.05, 3.63) is 105 Å². The Hall–Kier alpha value is -4.06. The van der Waals surface area contributed by atoms with Gasteiger partial charge in [0, 0.05) is 40.9 Å². The normalized spacial score (nSPS) is 11.9. The predicted molar refractivity (Wildman–Crippen MR) is 167 cm³/mol. The number of pyridine rings is 2. The molecule has 12 heteroatoms. The van der Waals surface area contributed by atoms with Gasteiger partial charge in [-0.15, -0.1) is 0 Å². The summed E-state index contributed by atoms with van der Waals surface area (Å²) in [4.78, 5) is 31.5. The lowest BCUT2D eigenvalue weighted by Crippen LogP contribution is -2.34. The molecule has 4 rings (SSSR count). The highest BCUT2D eigenvalue weighted by atomic mass is 35.5. The molecule has 4 N–H and O–H groups in total. The van der Waals surface area contributed by atoms with Crippen LogP contribution >= 0.6 is 23.2 Å². The number of hydrogen-bond acceptors (Lipinski definition) is 10. The minimum Gasteiger partial charge on any atom is -0.459 e. The Bertz CT molecular complexity index is 1540. The molecule has 0 aliphatic heterocycles. The molecule has 2 unspecified atom stereocenters. The standard InChI is InChI=1S/C18H21ClN2O5.C13H11ClN2O/c1-11-13(19)6-3-7-14(11)21-17-12(5-4-8-20-17)18(24)26-10-16(23)15(22)9-25-2;1-9-11(14)5-2-6-12(9)16-13-10(8-17)4-3-7-15-13/h3-8,15-16,22-23H,9-10H2,1-2H3,(H,20,21);2-8H,1H3,(H,15,16). The second-order valence-corrected chi connectivity index (χ2v) is 10.0. The van der Waals surface area contributed by atoms with Crippen LogP contribution in [0.1, 0.15) is 31.8 Å². The van der Waals surface area contributed by atoms with Crippen LogP contribution in [0.15, 0.2) is 73.1 Å². The van der Waals surface area contributed by atoms with Crippen LogP contribution in [0, 0.1) is 13.8 Å². The Labute approximate surface area is 259 Å². The molecule has 0 saturated heterocycles. The first-order chi connectivity index (χ1) is 20.7. The summed E-state index contributed by atoms with van der Waals surface area (Å²) in [6.45, 7) is 3.33. The summed E-state index contributed by atoms with van der Waals surface area (Å²) in [6, 6.07) is 17.5. The maximum absolute atomic E-state index is 12.3. The van der Waals surface area contributed by atoms with Crippen LogP contribution in [0.5, 0.6) is 0 Å². The molecule has 2 heterocycles. The maximum atomic E-state index is 12.3.